The summed E-state index contributed by atoms with van der Waals surface area (Å²) in [4.78, 5) is 16.6. The van der Waals surface area contributed by atoms with Crippen molar-refractivity contribution in [3.63, 3.8) is 0 Å². The number of anilines is 1. The molecule has 144 valence electrons. The highest BCUT2D eigenvalue weighted by Crippen LogP contribution is 2.18. The third-order valence-electron chi connectivity index (χ3n) is 4.85. The van der Waals surface area contributed by atoms with Crippen LogP contribution in [0.3, 0.4) is 0 Å². The first-order valence-corrected chi connectivity index (χ1v) is 10.2. The highest BCUT2D eigenvalue weighted by molar-refractivity contribution is 7.72. The zero-order chi connectivity index (χ0) is 19.2. The molecule has 0 bridgehead atoms. The molecule has 0 aliphatic carbocycles. The van der Waals surface area contributed by atoms with Crippen molar-refractivity contribution >= 4 is 22.3 Å². The van der Waals surface area contributed by atoms with Gasteiger partial charge in [-0.05, 0) is 42.7 Å². The maximum atomic E-state index is 12.5. The van der Waals surface area contributed by atoms with E-state index in [-0.39, 0.29) is 5.91 Å². The average Bonchev–Trinajstić information content (AvgIpc) is 2.72. The van der Waals surface area contributed by atoms with E-state index in [1.54, 1.807) is 29.2 Å². The molecule has 1 fully saturated rings. The van der Waals surface area contributed by atoms with Gasteiger partial charge in [-0.2, -0.15) is 0 Å². The highest BCUT2D eigenvalue weighted by Gasteiger charge is 2.26. The summed E-state index contributed by atoms with van der Waals surface area (Å²) in [6.07, 6.45) is 0.101. The van der Waals surface area contributed by atoms with Crippen LogP contribution in [-0.2, 0) is 21.9 Å². The Morgan fingerprint density at radius 1 is 0.963 bits per heavy atom. The monoisotopic (exact) mass is 388 g/mol. The Hall–Kier alpha value is -2.38. The van der Waals surface area contributed by atoms with Crippen LogP contribution in [0.4, 0.5) is 5.69 Å². The smallest absolute Gasteiger partial charge is 0.251 e. The lowest BCUT2D eigenvalue weighted by atomic mass is 10.1. The molecule has 7 heteroatoms. The van der Waals surface area contributed by atoms with Crippen molar-refractivity contribution in [3.8, 4) is 0 Å². The van der Waals surface area contributed by atoms with Crippen molar-refractivity contribution in [1.82, 2.24) is 4.90 Å². The summed E-state index contributed by atoms with van der Waals surface area (Å²) in [7, 11) is -2.57. The van der Waals surface area contributed by atoms with E-state index in [0.29, 0.717) is 43.9 Å². The number of aliphatic hydroxyl groups is 1. The predicted octanol–water partition coefficient (Wildman–Crippen LogP) is 1.30. The van der Waals surface area contributed by atoms with Crippen LogP contribution < -0.4 is 4.90 Å². The first kappa shape index (κ1) is 19.4. The van der Waals surface area contributed by atoms with Gasteiger partial charge in [0.05, 0.1) is 4.90 Å². The fourth-order valence-electron chi connectivity index (χ4n) is 3.25. The minimum Gasteiger partial charge on any atom is -0.383 e. The second-order valence-corrected chi connectivity index (χ2v) is 7.66. The number of carbonyl (C=O) groups is 1. The number of carbonyl (C=O) groups excluding carboxylic acids is 1. The molecule has 0 radical (unpaired) electrons. The Labute approximate surface area is 161 Å². The highest BCUT2D eigenvalue weighted by atomic mass is 32.2. The lowest BCUT2D eigenvalue weighted by molar-refractivity contribution is -0.140. The fourth-order valence-corrected chi connectivity index (χ4v) is 3.64. The first-order chi connectivity index (χ1) is 13.0. The number of nitrogens with zero attached hydrogens (tertiary/aromatic N) is 2. The second-order valence-electron chi connectivity index (χ2n) is 6.63. The van der Waals surface area contributed by atoms with Crippen LogP contribution >= 0.6 is 0 Å². The van der Waals surface area contributed by atoms with Crippen molar-refractivity contribution in [1.29, 1.82) is 0 Å². The van der Waals surface area contributed by atoms with Crippen LogP contribution in [0, 0.1) is 0 Å². The third kappa shape index (κ3) is 5.08. The number of piperazine rings is 1. The molecule has 0 unspecified atom stereocenters. The third-order valence-corrected chi connectivity index (χ3v) is 5.57. The van der Waals surface area contributed by atoms with Gasteiger partial charge >= 0.3 is 0 Å². The van der Waals surface area contributed by atoms with Crippen molar-refractivity contribution in [3.05, 3.63) is 60.2 Å². The molecule has 1 aliphatic rings. The summed E-state index contributed by atoms with van der Waals surface area (Å²) in [6, 6.07) is 16.6. The number of hydrogen-bond donors (Lipinski definition) is 2. The Bertz CT molecular complexity index is 821. The summed E-state index contributed by atoms with van der Waals surface area (Å²) in [5.41, 5.74) is 2.05. The standard InChI is InChI=1S/C20H24N2O4S/c23-19(11-6-16-4-2-1-3-5-16)20(24)22-14-12-21(13-15-22)17-7-9-18(10-8-17)27(25)26/h1-5,7-10,19,23,27H,6,11-15H2/t19-/m1/s1. The average molecular weight is 388 g/mol. The van der Waals surface area contributed by atoms with E-state index >= 15 is 0 Å². The quantitative estimate of drug-likeness (QED) is 0.730. The molecule has 2 aromatic carbocycles. The van der Waals surface area contributed by atoms with Crippen molar-refractivity contribution in [2.45, 2.75) is 23.8 Å². The molecule has 0 saturated carbocycles. The Kier molecular flexibility index (Phi) is 6.47. The first-order valence-electron chi connectivity index (χ1n) is 9.05. The number of thiol groups is 1. The number of amides is 1. The van der Waals surface area contributed by atoms with E-state index < -0.39 is 16.8 Å². The lowest BCUT2D eigenvalue weighted by Gasteiger charge is -2.37. The van der Waals surface area contributed by atoms with E-state index in [4.69, 9.17) is 0 Å². The zero-order valence-electron chi connectivity index (χ0n) is 15.0. The molecule has 3 rings (SSSR count). The topological polar surface area (TPSA) is 77.9 Å². The maximum absolute atomic E-state index is 12.5. The lowest BCUT2D eigenvalue weighted by Crippen LogP contribution is -2.51. The normalized spacial score (nSPS) is 15.8. The van der Waals surface area contributed by atoms with Crippen LogP contribution in [0.2, 0.25) is 0 Å². The Balaban J connectivity index is 1.49. The van der Waals surface area contributed by atoms with Gasteiger partial charge in [0.2, 0.25) is 0 Å². The van der Waals surface area contributed by atoms with Crippen LogP contribution in [0.1, 0.15) is 12.0 Å². The molecule has 0 aromatic heterocycles. The SMILES string of the molecule is O=C([C@H](O)CCc1ccccc1)N1CCN(c2ccc([SH](=O)=O)cc2)CC1. The molecular formula is C20H24N2O4S. The summed E-state index contributed by atoms with van der Waals surface area (Å²) >= 11 is 0. The number of rotatable bonds is 6. The number of aryl methyl sites for hydroxylation is 1. The molecule has 27 heavy (non-hydrogen) atoms. The number of aliphatic hydroxyl groups excluding tert-OH is 1. The van der Waals surface area contributed by atoms with E-state index in [0.717, 1.165) is 11.3 Å². The van der Waals surface area contributed by atoms with Crippen LogP contribution in [-0.4, -0.2) is 56.6 Å². The van der Waals surface area contributed by atoms with Gasteiger partial charge in [0.15, 0.2) is 10.7 Å². The molecule has 1 amide bonds. The summed E-state index contributed by atoms with van der Waals surface area (Å²) in [5.74, 6) is -0.218. The molecule has 1 saturated heterocycles. The number of benzene rings is 2. The molecular weight excluding hydrogens is 364 g/mol. The molecule has 1 heterocycles. The van der Waals surface area contributed by atoms with Crippen LogP contribution in [0.25, 0.3) is 0 Å². The minimum absolute atomic E-state index is 0.218. The van der Waals surface area contributed by atoms with E-state index in [2.05, 4.69) is 4.90 Å². The zero-order valence-corrected chi connectivity index (χ0v) is 15.9. The summed E-state index contributed by atoms with van der Waals surface area (Å²) < 4.78 is 21.9. The summed E-state index contributed by atoms with van der Waals surface area (Å²) in [6.45, 7) is 2.39. The second kappa shape index (κ2) is 9.01. The van der Waals surface area contributed by atoms with Crippen LogP contribution in [0.5, 0.6) is 0 Å². The van der Waals surface area contributed by atoms with Gasteiger partial charge in [-0.3, -0.25) is 4.79 Å². The van der Waals surface area contributed by atoms with Gasteiger partial charge in [0.1, 0.15) is 6.10 Å². The van der Waals surface area contributed by atoms with Gasteiger partial charge in [0.25, 0.3) is 5.91 Å². The molecule has 6 nitrogen and oxygen atoms in total. The minimum atomic E-state index is -2.57. The van der Waals surface area contributed by atoms with Gasteiger partial charge in [-0.1, -0.05) is 30.3 Å². The van der Waals surface area contributed by atoms with E-state index in [1.165, 1.54) is 0 Å². The molecule has 1 atom stereocenters. The Morgan fingerprint density at radius 2 is 1.59 bits per heavy atom. The Morgan fingerprint density at radius 3 is 2.19 bits per heavy atom. The van der Waals surface area contributed by atoms with Crippen LogP contribution in [0.15, 0.2) is 59.5 Å². The molecule has 2 aromatic rings. The van der Waals surface area contributed by atoms with Gasteiger partial charge in [0, 0.05) is 31.9 Å². The van der Waals surface area contributed by atoms with Gasteiger partial charge in [-0.15, -0.1) is 0 Å². The molecule has 1 aliphatic heterocycles. The predicted molar refractivity (Wildman–Crippen MR) is 105 cm³/mol. The molecule has 1 N–H and O–H groups in total. The number of hydrogen-bond acceptors (Lipinski definition) is 5. The summed E-state index contributed by atoms with van der Waals surface area (Å²) in [5, 5.41) is 10.2. The van der Waals surface area contributed by atoms with E-state index in [9.17, 15) is 18.3 Å². The van der Waals surface area contributed by atoms with Gasteiger partial charge in [-0.25, -0.2) is 8.42 Å². The van der Waals surface area contributed by atoms with Crippen molar-refractivity contribution < 1.29 is 18.3 Å². The van der Waals surface area contributed by atoms with Crippen molar-refractivity contribution in [2.24, 2.45) is 0 Å². The van der Waals surface area contributed by atoms with Gasteiger partial charge < -0.3 is 14.9 Å². The maximum Gasteiger partial charge on any atom is 0.251 e. The van der Waals surface area contributed by atoms with E-state index in [1.807, 2.05) is 30.3 Å². The molecule has 0 spiro atoms. The largest absolute Gasteiger partial charge is 0.383 e. The fraction of sp³-hybridized carbons (Fsp3) is 0.350. The van der Waals surface area contributed by atoms with Crippen molar-refractivity contribution in [2.75, 3.05) is 31.1 Å².